The molecule has 0 bridgehead atoms. The fraction of sp³-hybridized carbons (Fsp3) is 0.455. The lowest BCUT2D eigenvalue weighted by atomic mass is 10.0. The second kappa shape index (κ2) is 7.89. The zero-order valence-corrected chi connectivity index (χ0v) is 16.8. The Bertz CT molecular complexity index is 962. The molecule has 7 heteroatoms. The molecule has 0 spiro atoms. The van der Waals surface area contributed by atoms with Crippen LogP contribution in [0.15, 0.2) is 24.3 Å². The summed E-state index contributed by atoms with van der Waals surface area (Å²) in [7, 11) is 0. The van der Waals surface area contributed by atoms with Crippen LogP contribution in [0.2, 0.25) is 0 Å². The van der Waals surface area contributed by atoms with Gasteiger partial charge in [0.2, 0.25) is 11.8 Å². The van der Waals surface area contributed by atoms with Crippen LogP contribution in [-0.4, -0.2) is 46.3 Å². The Morgan fingerprint density at radius 3 is 2.76 bits per heavy atom. The number of anilines is 1. The van der Waals surface area contributed by atoms with Crippen molar-refractivity contribution in [1.29, 1.82) is 0 Å². The smallest absolute Gasteiger partial charge is 0.228 e. The lowest BCUT2D eigenvalue weighted by Crippen LogP contribution is -2.38. The summed E-state index contributed by atoms with van der Waals surface area (Å²) in [5.41, 5.74) is 2.46. The van der Waals surface area contributed by atoms with Gasteiger partial charge >= 0.3 is 0 Å². The van der Waals surface area contributed by atoms with Crippen LogP contribution >= 0.6 is 0 Å². The van der Waals surface area contributed by atoms with E-state index in [0.717, 1.165) is 17.7 Å². The van der Waals surface area contributed by atoms with Gasteiger partial charge in [-0.3, -0.25) is 14.5 Å². The third kappa shape index (κ3) is 3.86. The highest BCUT2D eigenvalue weighted by molar-refractivity contribution is 5.95. The van der Waals surface area contributed by atoms with Gasteiger partial charge < -0.3 is 4.90 Å². The summed E-state index contributed by atoms with van der Waals surface area (Å²) < 4.78 is 14.0. The lowest BCUT2D eigenvalue weighted by molar-refractivity contribution is -0.127. The van der Waals surface area contributed by atoms with Gasteiger partial charge in [-0.1, -0.05) is 18.2 Å². The van der Waals surface area contributed by atoms with Gasteiger partial charge in [0, 0.05) is 50.2 Å². The van der Waals surface area contributed by atoms with Gasteiger partial charge in [-0.2, -0.15) is 0 Å². The molecule has 0 N–H and O–H groups in total. The number of hydrogen-bond donors (Lipinski definition) is 0. The van der Waals surface area contributed by atoms with Crippen molar-refractivity contribution in [1.82, 2.24) is 14.9 Å². The maximum absolute atomic E-state index is 14.0. The molecule has 2 aromatic rings. The number of aryl methyl sites for hydroxylation is 1. The minimum absolute atomic E-state index is 0.00896. The van der Waals surface area contributed by atoms with Crippen molar-refractivity contribution in [3.05, 3.63) is 52.7 Å². The highest BCUT2D eigenvalue weighted by atomic mass is 19.1. The van der Waals surface area contributed by atoms with Gasteiger partial charge in [-0.15, -0.1) is 0 Å². The predicted molar refractivity (Wildman–Crippen MR) is 107 cm³/mol. The van der Waals surface area contributed by atoms with Crippen LogP contribution in [0.3, 0.4) is 0 Å². The average Bonchev–Trinajstić information content (AvgIpc) is 3.19. The van der Waals surface area contributed by atoms with Crippen LogP contribution in [0.25, 0.3) is 0 Å². The number of benzene rings is 1. The van der Waals surface area contributed by atoms with Crippen LogP contribution < -0.4 is 4.90 Å². The average molecular weight is 396 g/mol. The molecule has 0 unspecified atom stereocenters. The van der Waals surface area contributed by atoms with Crippen LogP contribution in [0.4, 0.5) is 10.2 Å². The molecule has 2 amide bonds. The number of carbonyl (C=O) groups is 2. The molecule has 1 aromatic heterocycles. The quantitative estimate of drug-likeness (QED) is 0.797. The van der Waals surface area contributed by atoms with Crippen molar-refractivity contribution >= 4 is 17.6 Å². The first-order chi connectivity index (χ1) is 13.9. The maximum atomic E-state index is 14.0. The van der Waals surface area contributed by atoms with Crippen LogP contribution in [0.1, 0.15) is 48.3 Å². The van der Waals surface area contributed by atoms with Crippen molar-refractivity contribution in [2.24, 2.45) is 0 Å². The number of likely N-dealkylation sites (tertiary alicyclic amines) is 1. The molecule has 3 heterocycles. The minimum Gasteiger partial charge on any atom is -0.342 e. The van der Waals surface area contributed by atoms with Crippen molar-refractivity contribution < 1.29 is 14.0 Å². The second-order valence-corrected chi connectivity index (χ2v) is 7.81. The molecule has 1 aromatic carbocycles. The third-order valence-corrected chi connectivity index (χ3v) is 5.92. The second-order valence-electron chi connectivity index (χ2n) is 7.81. The van der Waals surface area contributed by atoms with Crippen LogP contribution in [0.5, 0.6) is 0 Å². The zero-order valence-electron chi connectivity index (χ0n) is 16.8. The Hall–Kier alpha value is -2.83. The molecule has 2 aliphatic heterocycles. The topological polar surface area (TPSA) is 66.4 Å². The fourth-order valence-corrected chi connectivity index (χ4v) is 4.21. The summed E-state index contributed by atoms with van der Waals surface area (Å²) >= 11 is 0. The summed E-state index contributed by atoms with van der Waals surface area (Å²) in [6.07, 6.45) is 2.29. The molecule has 0 aliphatic carbocycles. The number of rotatable bonds is 4. The zero-order chi connectivity index (χ0) is 20.5. The molecule has 0 radical (unpaired) electrons. The lowest BCUT2D eigenvalue weighted by Gasteiger charge is -2.30. The third-order valence-electron chi connectivity index (χ3n) is 5.92. The Labute approximate surface area is 169 Å². The molecule has 1 atom stereocenters. The molecular formula is C22H25FN4O2. The normalized spacial score (nSPS) is 18.9. The molecule has 1 fully saturated rings. The number of hydrogen-bond acceptors (Lipinski definition) is 4. The number of aromatic nitrogens is 2. The van der Waals surface area contributed by atoms with E-state index in [0.29, 0.717) is 56.1 Å². The van der Waals surface area contributed by atoms with E-state index in [1.807, 2.05) is 11.8 Å². The van der Waals surface area contributed by atoms with Crippen molar-refractivity contribution in [3.63, 3.8) is 0 Å². The van der Waals surface area contributed by atoms with Crippen molar-refractivity contribution in [2.45, 2.75) is 45.4 Å². The van der Waals surface area contributed by atoms with Gasteiger partial charge in [0.1, 0.15) is 17.5 Å². The molecule has 152 valence electrons. The van der Waals surface area contributed by atoms with E-state index in [1.165, 1.54) is 6.07 Å². The highest BCUT2D eigenvalue weighted by Crippen LogP contribution is 2.32. The standard InChI is InChI=1S/C22H25FN4O2/c1-14-18-7-8-20(29)27(12-10-16-5-3-4-6-19(16)23)22(18)25-21(24-14)17-9-11-26(13-17)15(2)28/h3-6,17H,7-13H2,1-2H3/t17-/m0/s1. The van der Waals surface area contributed by atoms with E-state index >= 15 is 0 Å². The number of fused-ring (bicyclic) bond motifs is 1. The number of nitrogens with zero attached hydrogens (tertiary/aromatic N) is 4. The molecule has 29 heavy (non-hydrogen) atoms. The van der Waals surface area contributed by atoms with Gasteiger partial charge in [0.05, 0.1) is 0 Å². The summed E-state index contributed by atoms with van der Waals surface area (Å²) in [6.45, 7) is 5.22. The SMILES string of the molecule is CC(=O)N1CC[C@H](c2nc(C)c3c(n2)N(CCc2ccccc2F)C(=O)CC3)C1. The van der Waals surface area contributed by atoms with Crippen LogP contribution in [0, 0.1) is 12.7 Å². The molecule has 2 aliphatic rings. The van der Waals surface area contributed by atoms with Gasteiger partial charge in [0.25, 0.3) is 0 Å². The molecule has 6 nitrogen and oxygen atoms in total. The molecule has 4 rings (SSSR count). The predicted octanol–water partition coefficient (Wildman–Crippen LogP) is 2.78. The van der Waals surface area contributed by atoms with Crippen molar-refractivity contribution in [2.75, 3.05) is 24.5 Å². The molecule has 0 saturated carbocycles. The Morgan fingerprint density at radius 1 is 1.24 bits per heavy atom. The number of carbonyl (C=O) groups excluding carboxylic acids is 2. The minimum atomic E-state index is -0.257. The molecule has 1 saturated heterocycles. The van der Waals surface area contributed by atoms with E-state index in [1.54, 1.807) is 30.0 Å². The number of amides is 2. The Morgan fingerprint density at radius 2 is 2.03 bits per heavy atom. The maximum Gasteiger partial charge on any atom is 0.228 e. The monoisotopic (exact) mass is 396 g/mol. The van der Waals surface area contributed by atoms with Gasteiger partial charge in [-0.05, 0) is 37.8 Å². The first-order valence-electron chi connectivity index (χ1n) is 10.1. The summed E-state index contributed by atoms with van der Waals surface area (Å²) in [4.78, 5) is 37.3. The Balaban J connectivity index is 1.61. The van der Waals surface area contributed by atoms with E-state index in [4.69, 9.17) is 9.97 Å². The number of halogens is 1. The first-order valence-corrected chi connectivity index (χ1v) is 10.1. The highest BCUT2D eigenvalue weighted by Gasteiger charge is 2.32. The summed E-state index contributed by atoms with van der Waals surface area (Å²) in [6, 6.07) is 6.65. The summed E-state index contributed by atoms with van der Waals surface area (Å²) in [5, 5.41) is 0. The van der Waals surface area contributed by atoms with Crippen LogP contribution in [-0.2, 0) is 22.4 Å². The van der Waals surface area contributed by atoms with E-state index < -0.39 is 0 Å². The fourth-order valence-electron chi connectivity index (χ4n) is 4.21. The van der Waals surface area contributed by atoms with Gasteiger partial charge in [0.15, 0.2) is 0 Å². The van der Waals surface area contributed by atoms with E-state index in [2.05, 4.69) is 0 Å². The van der Waals surface area contributed by atoms with Gasteiger partial charge in [-0.25, -0.2) is 14.4 Å². The van der Waals surface area contributed by atoms with Crippen molar-refractivity contribution in [3.8, 4) is 0 Å². The first kappa shape index (κ1) is 19.5. The van der Waals surface area contributed by atoms with E-state index in [9.17, 15) is 14.0 Å². The molecular weight excluding hydrogens is 371 g/mol. The van der Waals surface area contributed by atoms with E-state index in [-0.39, 0.29) is 23.5 Å². The summed E-state index contributed by atoms with van der Waals surface area (Å²) in [5.74, 6) is 1.23. The largest absolute Gasteiger partial charge is 0.342 e. The Kier molecular flexibility index (Phi) is 5.30.